The predicted octanol–water partition coefficient (Wildman–Crippen LogP) is 2.13. The molecule has 1 amide bonds. The van der Waals surface area contributed by atoms with Gasteiger partial charge in [0.15, 0.2) is 0 Å². The van der Waals surface area contributed by atoms with E-state index in [1.165, 1.54) is 5.01 Å². The largest absolute Gasteiger partial charge is 0.272 e. The second kappa shape index (κ2) is 3.84. The van der Waals surface area contributed by atoms with Crippen molar-refractivity contribution in [2.75, 3.05) is 11.3 Å². The molecule has 0 saturated heterocycles. The van der Waals surface area contributed by atoms with Crippen molar-refractivity contribution in [1.29, 1.82) is 0 Å². The molecule has 0 atom stereocenters. The van der Waals surface area contributed by atoms with E-state index in [2.05, 4.69) is 5.10 Å². The highest BCUT2D eigenvalue weighted by Gasteiger charge is 2.20. The van der Waals surface area contributed by atoms with Gasteiger partial charge in [0.2, 0.25) is 0 Å². The van der Waals surface area contributed by atoms with E-state index >= 15 is 0 Å². The molecule has 1 aromatic carbocycles. The molecule has 72 valence electrons. The molecule has 14 heavy (non-hydrogen) atoms. The van der Waals surface area contributed by atoms with Crippen molar-refractivity contribution in [3.8, 4) is 0 Å². The Morgan fingerprint density at radius 1 is 1.43 bits per heavy atom. The zero-order chi connectivity index (χ0) is 9.97. The third kappa shape index (κ3) is 1.53. The SMILES string of the molecule is CSc1ccccc1N1N=CCC1=O. The van der Waals surface area contributed by atoms with Gasteiger partial charge in [-0.1, -0.05) is 12.1 Å². The molecule has 0 aliphatic carbocycles. The maximum absolute atomic E-state index is 11.4. The van der Waals surface area contributed by atoms with E-state index in [0.29, 0.717) is 6.42 Å². The van der Waals surface area contributed by atoms with Gasteiger partial charge in [0.25, 0.3) is 5.91 Å². The van der Waals surface area contributed by atoms with Crippen molar-refractivity contribution in [2.24, 2.45) is 5.10 Å². The van der Waals surface area contributed by atoms with Crippen LogP contribution < -0.4 is 5.01 Å². The van der Waals surface area contributed by atoms with Gasteiger partial charge in [0.1, 0.15) is 0 Å². The first-order valence-corrected chi connectivity index (χ1v) is 5.54. The fourth-order valence-corrected chi connectivity index (χ4v) is 1.93. The smallest absolute Gasteiger partial charge is 0.252 e. The fraction of sp³-hybridized carbons (Fsp3) is 0.200. The fourth-order valence-electron chi connectivity index (χ4n) is 1.35. The van der Waals surface area contributed by atoms with Gasteiger partial charge >= 0.3 is 0 Å². The highest BCUT2D eigenvalue weighted by Crippen LogP contribution is 2.29. The molecule has 0 fully saturated rings. The predicted molar refractivity (Wildman–Crippen MR) is 58.8 cm³/mol. The van der Waals surface area contributed by atoms with Crippen molar-refractivity contribution in [3.63, 3.8) is 0 Å². The number of hydrogen-bond acceptors (Lipinski definition) is 3. The van der Waals surface area contributed by atoms with E-state index in [4.69, 9.17) is 0 Å². The zero-order valence-electron chi connectivity index (χ0n) is 7.80. The van der Waals surface area contributed by atoms with Crippen molar-refractivity contribution < 1.29 is 4.79 Å². The quantitative estimate of drug-likeness (QED) is 0.694. The molecule has 0 saturated carbocycles. The van der Waals surface area contributed by atoms with Crippen LogP contribution in [0.4, 0.5) is 5.69 Å². The lowest BCUT2D eigenvalue weighted by atomic mass is 10.3. The number of hydrogen-bond donors (Lipinski definition) is 0. The molecule has 1 aromatic rings. The Labute approximate surface area is 86.8 Å². The van der Waals surface area contributed by atoms with Gasteiger partial charge in [-0.2, -0.15) is 10.1 Å². The minimum absolute atomic E-state index is 0.0338. The van der Waals surface area contributed by atoms with E-state index in [1.54, 1.807) is 18.0 Å². The molecule has 1 aliphatic rings. The summed E-state index contributed by atoms with van der Waals surface area (Å²) in [4.78, 5) is 12.5. The van der Waals surface area contributed by atoms with Crippen molar-refractivity contribution in [3.05, 3.63) is 24.3 Å². The summed E-state index contributed by atoms with van der Waals surface area (Å²) in [6.07, 6.45) is 4.03. The average molecular weight is 206 g/mol. The summed E-state index contributed by atoms with van der Waals surface area (Å²) >= 11 is 1.62. The van der Waals surface area contributed by atoms with Gasteiger partial charge in [0.05, 0.1) is 12.1 Å². The van der Waals surface area contributed by atoms with Crippen LogP contribution in [0.15, 0.2) is 34.3 Å². The van der Waals surface area contributed by atoms with Crippen LogP contribution in [0.2, 0.25) is 0 Å². The van der Waals surface area contributed by atoms with Crippen LogP contribution in [0.1, 0.15) is 6.42 Å². The summed E-state index contributed by atoms with van der Waals surface area (Å²) < 4.78 is 0. The summed E-state index contributed by atoms with van der Waals surface area (Å²) in [5.41, 5.74) is 0.874. The van der Waals surface area contributed by atoms with Crippen molar-refractivity contribution in [1.82, 2.24) is 0 Å². The van der Waals surface area contributed by atoms with Crippen LogP contribution in [0, 0.1) is 0 Å². The molecule has 1 heterocycles. The second-order valence-corrected chi connectivity index (χ2v) is 3.73. The first kappa shape index (κ1) is 9.27. The number of hydrazone groups is 1. The molecule has 0 unspecified atom stereocenters. The van der Waals surface area contributed by atoms with Crippen LogP contribution >= 0.6 is 11.8 Å². The minimum Gasteiger partial charge on any atom is -0.272 e. The first-order valence-electron chi connectivity index (χ1n) is 4.31. The average Bonchev–Trinajstić information content (AvgIpc) is 2.64. The Bertz CT molecular complexity index is 389. The summed E-state index contributed by atoms with van der Waals surface area (Å²) in [6.45, 7) is 0. The van der Waals surface area contributed by atoms with Gasteiger partial charge < -0.3 is 0 Å². The lowest BCUT2D eigenvalue weighted by molar-refractivity contribution is -0.116. The Morgan fingerprint density at radius 2 is 2.21 bits per heavy atom. The highest BCUT2D eigenvalue weighted by atomic mass is 32.2. The molecular formula is C10H10N2OS. The Morgan fingerprint density at radius 3 is 2.86 bits per heavy atom. The Kier molecular flexibility index (Phi) is 2.54. The monoisotopic (exact) mass is 206 g/mol. The summed E-state index contributed by atoms with van der Waals surface area (Å²) in [7, 11) is 0. The maximum atomic E-state index is 11.4. The number of carbonyl (C=O) groups excluding carboxylic acids is 1. The standard InChI is InChI=1S/C10H10N2OS/c1-14-9-5-3-2-4-8(9)12-10(13)6-7-11-12/h2-5,7H,6H2,1H3. The maximum Gasteiger partial charge on any atom is 0.252 e. The number of amides is 1. The number of nitrogens with zero attached hydrogens (tertiary/aromatic N) is 2. The molecule has 0 N–H and O–H groups in total. The third-order valence-electron chi connectivity index (χ3n) is 2.01. The molecule has 0 radical (unpaired) electrons. The molecule has 4 heteroatoms. The zero-order valence-corrected chi connectivity index (χ0v) is 8.62. The summed E-state index contributed by atoms with van der Waals surface area (Å²) in [5, 5.41) is 5.51. The summed E-state index contributed by atoms with van der Waals surface area (Å²) in [6, 6.07) is 7.77. The summed E-state index contributed by atoms with van der Waals surface area (Å²) in [5.74, 6) is 0.0338. The second-order valence-electron chi connectivity index (χ2n) is 2.88. The van der Waals surface area contributed by atoms with Gasteiger partial charge in [-0.25, -0.2) is 0 Å². The number of thioether (sulfide) groups is 1. The highest BCUT2D eigenvalue weighted by molar-refractivity contribution is 7.98. The number of benzene rings is 1. The molecule has 0 spiro atoms. The third-order valence-corrected chi connectivity index (χ3v) is 2.80. The molecule has 0 bridgehead atoms. The van der Waals surface area contributed by atoms with Crippen LogP contribution in [0.3, 0.4) is 0 Å². The normalized spacial score (nSPS) is 15.2. The lowest BCUT2D eigenvalue weighted by Crippen LogP contribution is -2.20. The minimum atomic E-state index is 0.0338. The van der Waals surface area contributed by atoms with Crippen LogP contribution in [-0.2, 0) is 4.79 Å². The first-order chi connectivity index (χ1) is 6.83. The molecule has 0 aromatic heterocycles. The topological polar surface area (TPSA) is 32.7 Å². The Balaban J connectivity index is 2.40. The van der Waals surface area contributed by atoms with E-state index in [9.17, 15) is 4.79 Å². The van der Waals surface area contributed by atoms with Crippen LogP contribution in [0.25, 0.3) is 0 Å². The molecule has 1 aliphatic heterocycles. The van der Waals surface area contributed by atoms with Gasteiger partial charge in [-0.3, -0.25) is 4.79 Å². The van der Waals surface area contributed by atoms with Crippen molar-refractivity contribution >= 4 is 29.6 Å². The van der Waals surface area contributed by atoms with Gasteiger partial charge in [-0.15, -0.1) is 11.8 Å². The number of rotatable bonds is 2. The van der Waals surface area contributed by atoms with E-state index in [-0.39, 0.29) is 5.91 Å². The molecule has 2 rings (SSSR count). The molecular weight excluding hydrogens is 196 g/mol. The van der Waals surface area contributed by atoms with Crippen molar-refractivity contribution in [2.45, 2.75) is 11.3 Å². The van der Waals surface area contributed by atoms with E-state index in [1.807, 2.05) is 30.5 Å². The number of anilines is 1. The number of carbonyl (C=O) groups is 1. The van der Waals surface area contributed by atoms with Gasteiger partial charge in [-0.05, 0) is 18.4 Å². The lowest BCUT2D eigenvalue weighted by Gasteiger charge is -2.14. The molecule has 3 nitrogen and oxygen atoms in total. The number of para-hydroxylation sites is 1. The van der Waals surface area contributed by atoms with E-state index in [0.717, 1.165) is 10.6 Å². The van der Waals surface area contributed by atoms with Crippen LogP contribution in [-0.4, -0.2) is 18.4 Å². The Hall–Kier alpha value is -1.29. The van der Waals surface area contributed by atoms with Gasteiger partial charge in [0, 0.05) is 11.1 Å². The van der Waals surface area contributed by atoms with E-state index < -0.39 is 0 Å². The van der Waals surface area contributed by atoms with Crippen LogP contribution in [0.5, 0.6) is 0 Å².